The summed E-state index contributed by atoms with van der Waals surface area (Å²) in [7, 11) is 0. The predicted molar refractivity (Wildman–Crippen MR) is 69.0 cm³/mol. The summed E-state index contributed by atoms with van der Waals surface area (Å²) in [6.45, 7) is 8.24. The smallest absolute Gasteiger partial charge is 0.0797 e. The van der Waals surface area contributed by atoms with E-state index < -0.39 is 6.10 Å². The lowest BCUT2D eigenvalue weighted by Gasteiger charge is -2.27. The van der Waals surface area contributed by atoms with Gasteiger partial charge in [-0.15, -0.1) is 0 Å². The molecule has 1 N–H and O–H groups in total. The molecule has 1 aliphatic rings. The molecule has 1 atom stereocenters. The summed E-state index contributed by atoms with van der Waals surface area (Å²) in [5, 5.41) is 14.4. The molecule has 0 spiro atoms. The summed E-state index contributed by atoms with van der Waals surface area (Å²) in [6.07, 6.45) is 4.64. The van der Waals surface area contributed by atoms with Gasteiger partial charge in [-0.05, 0) is 52.4 Å². The highest BCUT2D eigenvalue weighted by Crippen LogP contribution is 2.34. The van der Waals surface area contributed by atoms with Crippen LogP contribution in [0.1, 0.15) is 68.6 Å². The van der Waals surface area contributed by atoms with E-state index >= 15 is 0 Å². The Morgan fingerprint density at radius 3 is 2.29 bits per heavy atom. The number of aliphatic hydroxyl groups is 1. The molecule has 0 aliphatic heterocycles. The van der Waals surface area contributed by atoms with Crippen LogP contribution in [0.2, 0.25) is 0 Å². The molecule has 1 saturated carbocycles. The first-order valence-corrected chi connectivity index (χ1v) is 6.74. The van der Waals surface area contributed by atoms with Crippen molar-refractivity contribution in [2.24, 2.45) is 5.92 Å². The van der Waals surface area contributed by atoms with Gasteiger partial charge in [0, 0.05) is 11.3 Å². The molecule has 96 valence electrons. The number of aliphatic hydroxyl groups excluding tert-OH is 1. The van der Waals surface area contributed by atoms with Crippen LogP contribution in [-0.4, -0.2) is 14.9 Å². The molecule has 1 aromatic rings. The number of hydrogen-bond acceptors (Lipinski definition) is 2. The molecule has 0 aromatic carbocycles. The zero-order valence-electron chi connectivity index (χ0n) is 11.4. The Labute approximate surface area is 104 Å². The van der Waals surface area contributed by atoms with Gasteiger partial charge in [0.15, 0.2) is 0 Å². The minimum absolute atomic E-state index is 0.411. The van der Waals surface area contributed by atoms with Gasteiger partial charge in [0.2, 0.25) is 0 Å². The Morgan fingerprint density at radius 1 is 1.24 bits per heavy atom. The van der Waals surface area contributed by atoms with E-state index in [2.05, 4.69) is 23.6 Å². The second-order valence-electron chi connectivity index (χ2n) is 5.62. The summed E-state index contributed by atoms with van der Waals surface area (Å²) in [6, 6.07) is 0.539. The molecule has 0 radical (unpaired) electrons. The fraction of sp³-hybridized carbons (Fsp3) is 0.786. The van der Waals surface area contributed by atoms with Crippen molar-refractivity contribution < 1.29 is 5.11 Å². The molecule has 3 nitrogen and oxygen atoms in total. The molecule has 3 heteroatoms. The van der Waals surface area contributed by atoms with Crippen LogP contribution in [0.15, 0.2) is 0 Å². The average Bonchev–Trinajstić information content (AvgIpc) is 2.55. The largest absolute Gasteiger partial charge is 0.389 e. The van der Waals surface area contributed by atoms with Gasteiger partial charge in [-0.1, -0.05) is 6.92 Å². The molecular formula is C14H24N2O. The van der Waals surface area contributed by atoms with Crippen molar-refractivity contribution in [3.05, 3.63) is 17.0 Å². The lowest BCUT2D eigenvalue weighted by atomic mass is 9.87. The van der Waals surface area contributed by atoms with E-state index in [4.69, 9.17) is 0 Å². The Hall–Kier alpha value is -0.830. The molecular weight excluding hydrogens is 212 g/mol. The SMILES string of the molecule is Cc1nn(C2CCC(C)CC2)c(C)c1C(C)O. The first-order valence-electron chi connectivity index (χ1n) is 6.74. The fourth-order valence-corrected chi connectivity index (χ4v) is 3.12. The van der Waals surface area contributed by atoms with E-state index in [1.54, 1.807) is 0 Å². The first-order chi connectivity index (χ1) is 8.00. The van der Waals surface area contributed by atoms with Gasteiger partial charge in [0.05, 0.1) is 17.8 Å². The molecule has 0 amide bonds. The van der Waals surface area contributed by atoms with Crippen LogP contribution < -0.4 is 0 Å². The summed E-state index contributed by atoms with van der Waals surface area (Å²) in [5.41, 5.74) is 3.15. The van der Waals surface area contributed by atoms with Crippen molar-refractivity contribution in [2.75, 3.05) is 0 Å². The van der Waals surface area contributed by atoms with E-state index in [1.165, 1.54) is 25.7 Å². The maximum Gasteiger partial charge on any atom is 0.0797 e. The minimum Gasteiger partial charge on any atom is -0.389 e. The van der Waals surface area contributed by atoms with E-state index in [1.807, 2.05) is 13.8 Å². The third-order valence-corrected chi connectivity index (χ3v) is 4.13. The maximum absolute atomic E-state index is 9.79. The van der Waals surface area contributed by atoms with Gasteiger partial charge >= 0.3 is 0 Å². The maximum atomic E-state index is 9.79. The molecule has 2 rings (SSSR count). The first kappa shape index (κ1) is 12.6. The standard InChI is InChI=1S/C14H24N2O/c1-9-5-7-13(8-6-9)16-11(3)14(12(4)17)10(2)15-16/h9,12-13,17H,5-8H2,1-4H3. The number of hydrogen-bond donors (Lipinski definition) is 1. The van der Waals surface area contributed by atoms with Crippen molar-refractivity contribution in [1.29, 1.82) is 0 Å². The number of aryl methyl sites for hydroxylation is 1. The van der Waals surface area contributed by atoms with Crippen LogP contribution in [0.25, 0.3) is 0 Å². The van der Waals surface area contributed by atoms with Crippen LogP contribution >= 0.6 is 0 Å². The molecule has 1 fully saturated rings. The van der Waals surface area contributed by atoms with Crippen molar-refractivity contribution in [1.82, 2.24) is 9.78 Å². The Balaban J connectivity index is 2.24. The molecule has 1 aliphatic carbocycles. The molecule has 17 heavy (non-hydrogen) atoms. The van der Waals surface area contributed by atoms with Crippen molar-refractivity contribution >= 4 is 0 Å². The average molecular weight is 236 g/mol. The zero-order chi connectivity index (χ0) is 12.6. The van der Waals surface area contributed by atoms with Crippen LogP contribution in [0, 0.1) is 19.8 Å². The van der Waals surface area contributed by atoms with Crippen molar-refractivity contribution in [3.63, 3.8) is 0 Å². The predicted octanol–water partition coefficient (Wildman–Crippen LogP) is 3.30. The highest BCUT2D eigenvalue weighted by atomic mass is 16.3. The molecule has 0 saturated heterocycles. The van der Waals surface area contributed by atoms with Gasteiger partial charge in [-0.25, -0.2) is 0 Å². The molecule has 0 bridgehead atoms. The van der Waals surface area contributed by atoms with E-state index in [0.29, 0.717) is 6.04 Å². The summed E-state index contributed by atoms with van der Waals surface area (Å²) in [5.74, 6) is 0.861. The third-order valence-electron chi connectivity index (χ3n) is 4.13. The Bertz CT molecular complexity index is 387. The number of nitrogens with zero attached hydrogens (tertiary/aromatic N) is 2. The highest BCUT2D eigenvalue weighted by Gasteiger charge is 2.24. The fourth-order valence-electron chi connectivity index (χ4n) is 3.12. The second-order valence-corrected chi connectivity index (χ2v) is 5.62. The lowest BCUT2D eigenvalue weighted by molar-refractivity contribution is 0.197. The minimum atomic E-state index is -0.411. The van der Waals surface area contributed by atoms with E-state index in [9.17, 15) is 5.11 Å². The molecule has 1 unspecified atom stereocenters. The quantitative estimate of drug-likeness (QED) is 0.855. The molecule has 1 aromatic heterocycles. The van der Waals surface area contributed by atoms with Crippen molar-refractivity contribution in [3.8, 4) is 0 Å². The monoisotopic (exact) mass is 236 g/mol. The van der Waals surface area contributed by atoms with Crippen LogP contribution in [0.4, 0.5) is 0 Å². The topological polar surface area (TPSA) is 38.0 Å². The van der Waals surface area contributed by atoms with E-state index in [-0.39, 0.29) is 0 Å². The van der Waals surface area contributed by atoms with Crippen molar-refractivity contribution in [2.45, 2.75) is 65.5 Å². The normalized spacial score (nSPS) is 27.1. The number of rotatable bonds is 2. The Morgan fingerprint density at radius 2 is 1.82 bits per heavy atom. The van der Waals surface area contributed by atoms with Crippen LogP contribution in [0.3, 0.4) is 0 Å². The zero-order valence-corrected chi connectivity index (χ0v) is 11.4. The second kappa shape index (κ2) is 4.81. The summed E-state index contributed by atoms with van der Waals surface area (Å²) in [4.78, 5) is 0. The Kier molecular flexibility index (Phi) is 3.57. The van der Waals surface area contributed by atoms with Gasteiger partial charge in [0.25, 0.3) is 0 Å². The van der Waals surface area contributed by atoms with Gasteiger partial charge in [-0.3, -0.25) is 4.68 Å². The van der Waals surface area contributed by atoms with Crippen LogP contribution in [-0.2, 0) is 0 Å². The lowest BCUT2D eigenvalue weighted by Crippen LogP contribution is -2.19. The van der Waals surface area contributed by atoms with Crippen LogP contribution in [0.5, 0.6) is 0 Å². The third kappa shape index (κ3) is 2.39. The highest BCUT2D eigenvalue weighted by molar-refractivity contribution is 5.27. The van der Waals surface area contributed by atoms with E-state index in [0.717, 1.165) is 22.9 Å². The summed E-state index contributed by atoms with van der Waals surface area (Å²) >= 11 is 0. The van der Waals surface area contributed by atoms with Gasteiger partial charge in [-0.2, -0.15) is 5.10 Å². The molecule has 1 heterocycles. The van der Waals surface area contributed by atoms with Gasteiger partial charge < -0.3 is 5.11 Å². The van der Waals surface area contributed by atoms with Gasteiger partial charge in [0.1, 0.15) is 0 Å². The number of aromatic nitrogens is 2. The summed E-state index contributed by atoms with van der Waals surface area (Å²) < 4.78 is 2.16.